The number of nitrogens with zero attached hydrogens (tertiary/aromatic N) is 1. The number of amides is 1. The van der Waals surface area contributed by atoms with Crippen molar-refractivity contribution in [1.82, 2.24) is 4.90 Å². The van der Waals surface area contributed by atoms with Crippen LogP contribution in [0.4, 0.5) is 0 Å². The molecule has 0 radical (unpaired) electrons. The lowest BCUT2D eigenvalue weighted by Crippen LogP contribution is -2.40. The third-order valence-corrected chi connectivity index (χ3v) is 5.62. The Morgan fingerprint density at radius 3 is 2.62 bits per heavy atom. The van der Waals surface area contributed by atoms with Crippen LogP contribution in [0.2, 0.25) is 0 Å². The molecule has 2 aliphatic heterocycles. The smallest absolute Gasteiger partial charge is 0.308 e. The molecule has 2 saturated heterocycles. The first-order valence-electron chi connectivity index (χ1n) is 8.78. The molecular weight excluding hydrogens is 338 g/mol. The Balaban J connectivity index is 1.75. The van der Waals surface area contributed by atoms with Gasteiger partial charge < -0.3 is 24.2 Å². The fourth-order valence-corrected chi connectivity index (χ4v) is 4.06. The molecule has 26 heavy (non-hydrogen) atoms. The number of hydrogen-bond donors (Lipinski definition) is 1. The van der Waals surface area contributed by atoms with E-state index in [2.05, 4.69) is 0 Å². The van der Waals surface area contributed by atoms with Gasteiger partial charge in [-0.05, 0) is 18.9 Å². The summed E-state index contributed by atoms with van der Waals surface area (Å²) in [6, 6.07) is 5.34. The Morgan fingerprint density at radius 1 is 1.27 bits per heavy atom. The van der Waals surface area contributed by atoms with E-state index in [0.29, 0.717) is 44.1 Å². The first-order chi connectivity index (χ1) is 12.5. The average Bonchev–Trinajstić information content (AvgIpc) is 3.01. The van der Waals surface area contributed by atoms with Gasteiger partial charge in [0.15, 0.2) is 0 Å². The van der Waals surface area contributed by atoms with Crippen molar-refractivity contribution in [3.05, 3.63) is 23.8 Å². The second-order valence-electron chi connectivity index (χ2n) is 6.99. The Bertz CT molecular complexity index is 683. The molecule has 0 bridgehead atoms. The minimum absolute atomic E-state index is 0.0805. The monoisotopic (exact) mass is 363 g/mol. The van der Waals surface area contributed by atoms with Crippen molar-refractivity contribution in [3.63, 3.8) is 0 Å². The molecule has 7 heteroatoms. The van der Waals surface area contributed by atoms with Crippen LogP contribution in [0.1, 0.15) is 18.4 Å². The third-order valence-electron chi connectivity index (χ3n) is 5.62. The molecule has 3 rings (SSSR count). The molecule has 7 nitrogen and oxygen atoms in total. The predicted octanol–water partition coefficient (Wildman–Crippen LogP) is 1.59. The third kappa shape index (κ3) is 3.49. The highest BCUT2D eigenvalue weighted by molar-refractivity contribution is 5.82. The highest BCUT2D eigenvalue weighted by Gasteiger charge is 2.51. The maximum Gasteiger partial charge on any atom is 0.308 e. The second-order valence-corrected chi connectivity index (χ2v) is 6.99. The predicted molar refractivity (Wildman–Crippen MR) is 93.4 cm³/mol. The van der Waals surface area contributed by atoms with Crippen LogP contribution in [0.5, 0.6) is 11.5 Å². The number of carboxylic acids is 1. The van der Waals surface area contributed by atoms with Crippen molar-refractivity contribution < 1.29 is 28.9 Å². The van der Waals surface area contributed by atoms with E-state index in [1.807, 2.05) is 6.07 Å². The number of hydrogen-bond acceptors (Lipinski definition) is 5. The molecule has 1 spiro atoms. The number of rotatable bonds is 5. The number of carbonyl (C=O) groups is 2. The molecule has 0 aromatic heterocycles. The zero-order valence-electron chi connectivity index (χ0n) is 15.2. The summed E-state index contributed by atoms with van der Waals surface area (Å²) < 4.78 is 15.9. The molecule has 142 valence electrons. The van der Waals surface area contributed by atoms with Crippen LogP contribution in [0.3, 0.4) is 0 Å². The van der Waals surface area contributed by atoms with Gasteiger partial charge in [0.2, 0.25) is 5.91 Å². The average molecular weight is 363 g/mol. The molecule has 2 aliphatic rings. The van der Waals surface area contributed by atoms with Crippen molar-refractivity contribution in [2.75, 3.05) is 40.5 Å². The number of carboxylic acid groups (broad SMARTS) is 1. The topological polar surface area (TPSA) is 85.3 Å². The standard InChI is InChI=1S/C19H25NO6/c1-24-14-4-3-13(16(10-14)25-2)9-17(21)20-11-15(18(22)23)19(12-20)5-7-26-8-6-19/h3-4,10,15H,5-9,11-12H2,1-2H3,(H,22,23). The lowest BCUT2D eigenvalue weighted by molar-refractivity contribution is -0.146. The van der Waals surface area contributed by atoms with E-state index in [4.69, 9.17) is 14.2 Å². The van der Waals surface area contributed by atoms with Gasteiger partial charge in [-0.15, -0.1) is 0 Å². The van der Waals surface area contributed by atoms with Crippen molar-refractivity contribution in [1.29, 1.82) is 0 Å². The summed E-state index contributed by atoms with van der Waals surface area (Å²) in [7, 11) is 3.12. The first kappa shape index (κ1) is 18.5. The number of aliphatic carboxylic acids is 1. The van der Waals surface area contributed by atoms with E-state index in [-0.39, 0.29) is 24.3 Å². The molecule has 0 saturated carbocycles. The summed E-state index contributed by atoms with van der Waals surface area (Å²) in [4.78, 5) is 26.3. The Kier molecular flexibility index (Phi) is 5.36. The number of likely N-dealkylation sites (tertiary alicyclic amines) is 1. The molecule has 1 amide bonds. The lowest BCUT2D eigenvalue weighted by atomic mass is 9.72. The highest BCUT2D eigenvalue weighted by Crippen LogP contribution is 2.44. The largest absolute Gasteiger partial charge is 0.497 e. The molecule has 1 aromatic carbocycles. The summed E-state index contributed by atoms with van der Waals surface area (Å²) in [5, 5.41) is 9.65. The van der Waals surface area contributed by atoms with Gasteiger partial charge in [0, 0.05) is 43.3 Å². The van der Waals surface area contributed by atoms with Crippen LogP contribution >= 0.6 is 0 Å². The van der Waals surface area contributed by atoms with Crippen molar-refractivity contribution in [3.8, 4) is 11.5 Å². The number of methoxy groups -OCH3 is 2. The maximum absolute atomic E-state index is 12.8. The van der Waals surface area contributed by atoms with Gasteiger partial charge in [-0.1, -0.05) is 6.07 Å². The summed E-state index contributed by atoms with van der Waals surface area (Å²) in [6.07, 6.45) is 1.53. The zero-order chi connectivity index (χ0) is 18.7. The normalized spacial score (nSPS) is 21.6. The molecule has 1 N–H and O–H groups in total. The van der Waals surface area contributed by atoms with Crippen LogP contribution in [0.25, 0.3) is 0 Å². The molecule has 0 aliphatic carbocycles. The molecule has 1 unspecified atom stereocenters. The molecule has 1 atom stereocenters. The quantitative estimate of drug-likeness (QED) is 0.855. The van der Waals surface area contributed by atoms with E-state index in [9.17, 15) is 14.7 Å². The van der Waals surface area contributed by atoms with Gasteiger partial charge >= 0.3 is 5.97 Å². The minimum atomic E-state index is -0.829. The fraction of sp³-hybridized carbons (Fsp3) is 0.579. The Morgan fingerprint density at radius 2 is 2.00 bits per heavy atom. The van der Waals surface area contributed by atoms with Gasteiger partial charge in [-0.2, -0.15) is 0 Å². The minimum Gasteiger partial charge on any atom is -0.497 e. The van der Waals surface area contributed by atoms with Gasteiger partial charge in [-0.25, -0.2) is 0 Å². The zero-order valence-corrected chi connectivity index (χ0v) is 15.2. The van der Waals surface area contributed by atoms with E-state index in [0.717, 1.165) is 5.56 Å². The van der Waals surface area contributed by atoms with Crippen LogP contribution in [-0.4, -0.2) is 62.4 Å². The van der Waals surface area contributed by atoms with E-state index in [1.54, 1.807) is 31.3 Å². The van der Waals surface area contributed by atoms with E-state index in [1.165, 1.54) is 0 Å². The van der Waals surface area contributed by atoms with Gasteiger partial charge in [0.05, 0.1) is 26.6 Å². The number of benzene rings is 1. The van der Waals surface area contributed by atoms with Crippen LogP contribution < -0.4 is 9.47 Å². The number of carbonyl (C=O) groups excluding carboxylic acids is 1. The maximum atomic E-state index is 12.8. The van der Waals surface area contributed by atoms with Crippen molar-refractivity contribution in [2.45, 2.75) is 19.3 Å². The van der Waals surface area contributed by atoms with E-state index < -0.39 is 11.9 Å². The van der Waals surface area contributed by atoms with E-state index >= 15 is 0 Å². The van der Waals surface area contributed by atoms with Crippen molar-refractivity contribution in [2.24, 2.45) is 11.3 Å². The summed E-state index contributed by atoms with van der Waals surface area (Å²) >= 11 is 0. The molecule has 2 fully saturated rings. The lowest BCUT2D eigenvalue weighted by Gasteiger charge is -2.36. The summed E-state index contributed by atoms with van der Waals surface area (Å²) in [6.45, 7) is 1.84. The van der Waals surface area contributed by atoms with Gasteiger partial charge in [-0.3, -0.25) is 9.59 Å². The fourth-order valence-electron chi connectivity index (χ4n) is 4.06. The number of ether oxygens (including phenoxy) is 3. The molecular formula is C19H25NO6. The highest BCUT2D eigenvalue weighted by atomic mass is 16.5. The summed E-state index contributed by atoms with van der Waals surface area (Å²) in [5.74, 6) is -0.195. The molecule has 2 heterocycles. The van der Waals surface area contributed by atoms with Gasteiger partial charge in [0.1, 0.15) is 11.5 Å². The van der Waals surface area contributed by atoms with Crippen molar-refractivity contribution >= 4 is 11.9 Å². The Labute approximate surface area is 152 Å². The molecule has 1 aromatic rings. The van der Waals surface area contributed by atoms with Crippen LogP contribution in [0, 0.1) is 11.3 Å². The second kappa shape index (κ2) is 7.53. The van der Waals surface area contributed by atoms with Crippen LogP contribution in [0.15, 0.2) is 18.2 Å². The van der Waals surface area contributed by atoms with Gasteiger partial charge in [0.25, 0.3) is 0 Å². The summed E-state index contributed by atoms with van der Waals surface area (Å²) in [5.41, 5.74) is 0.391. The first-order valence-corrected chi connectivity index (χ1v) is 8.78. The SMILES string of the molecule is COc1ccc(CC(=O)N2CC(C(=O)O)C3(CCOCC3)C2)c(OC)c1. The Hall–Kier alpha value is -2.28. The van der Waals surface area contributed by atoms with Crippen LogP contribution in [-0.2, 0) is 20.7 Å².